The van der Waals surface area contributed by atoms with Crippen LogP contribution in [-0.2, 0) is 11.8 Å². The molecule has 0 unspecified atom stereocenters. The van der Waals surface area contributed by atoms with Crippen LogP contribution < -0.4 is 4.74 Å². The van der Waals surface area contributed by atoms with Crippen LogP contribution in [-0.4, -0.2) is 22.6 Å². The van der Waals surface area contributed by atoms with Crippen molar-refractivity contribution in [2.24, 2.45) is 7.05 Å². The molecular weight excluding hydrogens is 348 g/mol. The van der Waals surface area contributed by atoms with Gasteiger partial charge < -0.3 is 14.0 Å². The Balaban J connectivity index is 2.00. The number of esters is 1. The molecule has 0 fully saturated rings. The van der Waals surface area contributed by atoms with E-state index in [1.54, 1.807) is 24.5 Å². The molecule has 6 heteroatoms. The van der Waals surface area contributed by atoms with Gasteiger partial charge in [0.15, 0.2) is 0 Å². The number of benzene rings is 2. The van der Waals surface area contributed by atoms with Crippen molar-refractivity contribution in [1.82, 2.24) is 9.55 Å². The normalized spacial score (nSPS) is 10.7. The van der Waals surface area contributed by atoms with Crippen molar-refractivity contribution in [3.8, 4) is 11.5 Å². The maximum absolute atomic E-state index is 11.8. The smallest absolute Gasteiger partial charge is 0.341 e. The number of imidazole rings is 1. The molecule has 3 aromatic rings. The number of methoxy groups -OCH3 is 1. The van der Waals surface area contributed by atoms with E-state index in [2.05, 4.69) is 20.9 Å². The van der Waals surface area contributed by atoms with Crippen LogP contribution in [0.3, 0.4) is 0 Å². The van der Waals surface area contributed by atoms with E-state index in [0.29, 0.717) is 17.1 Å². The Labute approximate surface area is 135 Å². The van der Waals surface area contributed by atoms with Crippen LogP contribution in [0.15, 0.2) is 47.2 Å². The molecule has 0 spiro atoms. The number of aryl methyl sites for hydroxylation is 1. The summed E-state index contributed by atoms with van der Waals surface area (Å²) in [6.07, 6.45) is 1.74. The van der Waals surface area contributed by atoms with E-state index >= 15 is 0 Å². The van der Waals surface area contributed by atoms with Gasteiger partial charge in [-0.1, -0.05) is 15.9 Å². The number of aromatic nitrogens is 2. The zero-order chi connectivity index (χ0) is 15.7. The summed E-state index contributed by atoms with van der Waals surface area (Å²) >= 11 is 3.38. The molecule has 0 bridgehead atoms. The van der Waals surface area contributed by atoms with Crippen molar-refractivity contribution in [3.05, 3.63) is 52.8 Å². The average Bonchev–Trinajstić information content (AvgIpc) is 2.87. The van der Waals surface area contributed by atoms with Gasteiger partial charge in [0.2, 0.25) is 0 Å². The van der Waals surface area contributed by atoms with Gasteiger partial charge in [-0.15, -0.1) is 0 Å². The molecular formula is C16H13BrN2O3. The predicted octanol–water partition coefficient (Wildman–Crippen LogP) is 3.91. The molecule has 0 aliphatic carbocycles. The Hall–Kier alpha value is -2.34. The number of ether oxygens (including phenoxy) is 2. The number of rotatable bonds is 3. The van der Waals surface area contributed by atoms with Crippen LogP contribution in [0.2, 0.25) is 0 Å². The lowest BCUT2D eigenvalue weighted by Crippen LogP contribution is -2.03. The second-order valence-electron chi connectivity index (χ2n) is 4.74. The number of nitrogens with zero attached hydrogens (tertiary/aromatic N) is 2. The van der Waals surface area contributed by atoms with Crippen LogP contribution in [0.25, 0.3) is 11.0 Å². The van der Waals surface area contributed by atoms with Gasteiger partial charge in [0.25, 0.3) is 0 Å². The lowest BCUT2D eigenvalue weighted by Gasteiger charge is -2.10. The van der Waals surface area contributed by atoms with E-state index in [4.69, 9.17) is 9.47 Å². The highest BCUT2D eigenvalue weighted by molar-refractivity contribution is 9.10. The summed E-state index contributed by atoms with van der Waals surface area (Å²) in [4.78, 5) is 16.1. The lowest BCUT2D eigenvalue weighted by atomic mass is 10.2. The van der Waals surface area contributed by atoms with Crippen LogP contribution in [0.4, 0.5) is 0 Å². The van der Waals surface area contributed by atoms with Crippen molar-refractivity contribution >= 4 is 32.9 Å². The van der Waals surface area contributed by atoms with E-state index in [-0.39, 0.29) is 0 Å². The van der Waals surface area contributed by atoms with Crippen molar-refractivity contribution in [1.29, 1.82) is 0 Å². The summed E-state index contributed by atoms with van der Waals surface area (Å²) in [5.74, 6) is 0.590. The first kappa shape index (κ1) is 14.6. The average molecular weight is 361 g/mol. The van der Waals surface area contributed by atoms with Gasteiger partial charge in [-0.3, -0.25) is 0 Å². The van der Waals surface area contributed by atoms with E-state index < -0.39 is 5.97 Å². The van der Waals surface area contributed by atoms with Gasteiger partial charge in [0.05, 0.1) is 24.5 Å². The number of carbonyl (C=O) groups excluding carboxylic acids is 1. The first-order chi connectivity index (χ1) is 10.6. The number of carbonyl (C=O) groups is 1. The van der Waals surface area contributed by atoms with E-state index in [1.165, 1.54) is 7.11 Å². The summed E-state index contributed by atoms with van der Waals surface area (Å²) in [6, 6.07) is 10.7. The van der Waals surface area contributed by atoms with Crippen LogP contribution >= 0.6 is 15.9 Å². The summed E-state index contributed by atoms with van der Waals surface area (Å²) in [7, 11) is 3.27. The largest absolute Gasteiger partial charge is 0.465 e. The molecule has 5 nitrogen and oxygen atoms in total. The number of hydrogen-bond acceptors (Lipinski definition) is 4. The Morgan fingerprint density at radius 3 is 2.82 bits per heavy atom. The monoisotopic (exact) mass is 360 g/mol. The minimum absolute atomic E-state index is 0.367. The van der Waals surface area contributed by atoms with E-state index in [1.807, 2.05) is 29.8 Å². The van der Waals surface area contributed by atoms with Crippen LogP contribution in [0.5, 0.6) is 11.5 Å². The van der Waals surface area contributed by atoms with Crippen molar-refractivity contribution in [2.45, 2.75) is 0 Å². The fourth-order valence-electron chi connectivity index (χ4n) is 2.17. The highest BCUT2D eigenvalue weighted by atomic mass is 79.9. The zero-order valence-electron chi connectivity index (χ0n) is 12.0. The van der Waals surface area contributed by atoms with Gasteiger partial charge in [-0.05, 0) is 30.3 Å². The minimum atomic E-state index is -0.443. The zero-order valence-corrected chi connectivity index (χ0v) is 13.6. The highest BCUT2D eigenvalue weighted by Crippen LogP contribution is 2.30. The first-order valence-corrected chi connectivity index (χ1v) is 7.34. The van der Waals surface area contributed by atoms with Gasteiger partial charge >= 0.3 is 5.97 Å². The predicted molar refractivity (Wildman–Crippen MR) is 86.3 cm³/mol. The van der Waals surface area contributed by atoms with E-state index in [9.17, 15) is 4.79 Å². The molecule has 0 aliphatic heterocycles. The third kappa shape index (κ3) is 2.69. The Morgan fingerprint density at radius 2 is 2.05 bits per heavy atom. The molecule has 0 aliphatic rings. The Kier molecular flexibility index (Phi) is 3.85. The van der Waals surface area contributed by atoms with Crippen molar-refractivity contribution in [2.75, 3.05) is 7.11 Å². The van der Waals surface area contributed by atoms with Crippen LogP contribution in [0, 0.1) is 0 Å². The molecule has 2 aromatic carbocycles. The lowest BCUT2D eigenvalue weighted by molar-refractivity contribution is 0.0598. The summed E-state index contributed by atoms with van der Waals surface area (Å²) < 4.78 is 13.4. The maximum atomic E-state index is 11.8. The quantitative estimate of drug-likeness (QED) is 0.664. The Bertz CT molecular complexity index is 858. The summed E-state index contributed by atoms with van der Waals surface area (Å²) in [6.45, 7) is 0. The van der Waals surface area contributed by atoms with Crippen molar-refractivity contribution in [3.63, 3.8) is 0 Å². The summed E-state index contributed by atoms with van der Waals surface area (Å²) in [5.41, 5.74) is 2.20. The summed E-state index contributed by atoms with van der Waals surface area (Å²) in [5, 5.41) is 0. The van der Waals surface area contributed by atoms with Gasteiger partial charge in [0, 0.05) is 17.6 Å². The molecule has 0 saturated heterocycles. The fraction of sp³-hybridized carbons (Fsp3) is 0.125. The fourth-order valence-corrected chi connectivity index (χ4v) is 2.51. The maximum Gasteiger partial charge on any atom is 0.341 e. The molecule has 1 heterocycles. The minimum Gasteiger partial charge on any atom is -0.465 e. The second-order valence-corrected chi connectivity index (χ2v) is 5.66. The molecule has 112 valence electrons. The third-order valence-corrected chi connectivity index (χ3v) is 3.77. The molecule has 0 radical (unpaired) electrons. The van der Waals surface area contributed by atoms with E-state index in [0.717, 1.165) is 15.5 Å². The molecule has 22 heavy (non-hydrogen) atoms. The Morgan fingerprint density at radius 1 is 1.23 bits per heavy atom. The number of fused-ring (bicyclic) bond motifs is 1. The topological polar surface area (TPSA) is 53.4 Å². The standard InChI is InChI=1S/C16H13BrN2O3/c1-19-9-18-13-8-11(4-6-14(13)19)22-15-7-10(17)3-5-12(15)16(20)21-2/h3-9H,1-2H3. The SMILES string of the molecule is COC(=O)c1ccc(Br)cc1Oc1ccc2c(c1)ncn2C. The highest BCUT2D eigenvalue weighted by Gasteiger charge is 2.14. The molecule has 0 amide bonds. The van der Waals surface area contributed by atoms with Gasteiger partial charge in [0.1, 0.15) is 17.1 Å². The third-order valence-electron chi connectivity index (χ3n) is 3.27. The van der Waals surface area contributed by atoms with Gasteiger partial charge in [-0.2, -0.15) is 0 Å². The molecule has 0 atom stereocenters. The number of hydrogen-bond donors (Lipinski definition) is 0. The second kappa shape index (κ2) is 5.81. The number of halogens is 1. The van der Waals surface area contributed by atoms with Crippen LogP contribution in [0.1, 0.15) is 10.4 Å². The molecule has 0 N–H and O–H groups in total. The molecule has 0 saturated carbocycles. The molecule has 3 rings (SSSR count). The van der Waals surface area contributed by atoms with Gasteiger partial charge in [-0.25, -0.2) is 9.78 Å². The van der Waals surface area contributed by atoms with Crippen molar-refractivity contribution < 1.29 is 14.3 Å². The first-order valence-electron chi connectivity index (χ1n) is 6.55. The molecule has 1 aromatic heterocycles.